The molecular formula is C10H15Br2N3O. The van der Waals surface area contributed by atoms with E-state index in [2.05, 4.69) is 42.3 Å². The summed E-state index contributed by atoms with van der Waals surface area (Å²) in [6, 6.07) is 1.71. The van der Waals surface area contributed by atoms with Gasteiger partial charge in [-0.05, 0) is 12.5 Å². The van der Waals surface area contributed by atoms with Gasteiger partial charge in [0.05, 0.1) is 5.54 Å². The summed E-state index contributed by atoms with van der Waals surface area (Å²) in [5, 5.41) is 8.43. The molecule has 0 radical (unpaired) electrons. The van der Waals surface area contributed by atoms with Gasteiger partial charge in [0, 0.05) is 23.9 Å². The first-order valence-corrected chi connectivity index (χ1v) is 7.25. The highest BCUT2D eigenvalue weighted by atomic mass is 79.9. The highest BCUT2D eigenvalue weighted by molar-refractivity contribution is 9.09. The SMILES string of the molecule is CCC(CBr)(CBr)NC(=O)c1ccnn1C. The van der Waals surface area contributed by atoms with E-state index >= 15 is 0 Å². The van der Waals surface area contributed by atoms with Crippen molar-refractivity contribution < 1.29 is 4.79 Å². The third kappa shape index (κ3) is 2.85. The fraction of sp³-hybridized carbons (Fsp3) is 0.600. The molecule has 1 N–H and O–H groups in total. The lowest BCUT2D eigenvalue weighted by molar-refractivity contribution is 0.0905. The van der Waals surface area contributed by atoms with Gasteiger partial charge in [0.15, 0.2) is 0 Å². The maximum atomic E-state index is 12.0. The van der Waals surface area contributed by atoms with Crippen LogP contribution in [0.3, 0.4) is 0 Å². The number of hydrogen-bond acceptors (Lipinski definition) is 2. The van der Waals surface area contributed by atoms with Gasteiger partial charge in [0.25, 0.3) is 5.91 Å². The summed E-state index contributed by atoms with van der Waals surface area (Å²) in [5.74, 6) is -0.0965. The van der Waals surface area contributed by atoms with Crippen LogP contribution in [0, 0.1) is 0 Å². The van der Waals surface area contributed by atoms with Crippen LogP contribution in [0.4, 0.5) is 0 Å². The van der Waals surface area contributed by atoms with Gasteiger partial charge in [-0.25, -0.2) is 0 Å². The number of halogens is 2. The van der Waals surface area contributed by atoms with Crippen molar-refractivity contribution in [2.24, 2.45) is 7.05 Å². The van der Waals surface area contributed by atoms with Crippen LogP contribution in [-0.4, -0.2) is 31.9 Å². The molecule has 1 amide bonds. The molecule has 0 atom stereocenters. The van der Waals surface area contributed by atoms with Crippen molar-refractivity contribution in [3.63, 3.8) is 0 Å². The molecule has 90 valence electrons. The number of nitrogens with zero attached hydrogens (tertiary/aromatic N) is 2. The third-order valence-corrected chi connectivity index (χ3v) is 4.77. The summed E-state index contributed by atoms with van der Waals surface area (Å²) in [4.78, 5) is 12.0. The van der Waals surface area contributed by atoms with E-state index in [9.17, 15) is 4.79 Å². The highest BCUT2D eigenvalue weighted by Gasteiger charge is 2.28. The van der Waals surface area contributed by atoms with Crippen molar-refractivity contribution in [1.82, 2.24) is 15.1 Å². The van der Waals surface area contributed by atoms with E-state index in [1.165, 1.54) is 0 Å². The molecule has 0 aliphatic carbocycles. The zero-order chi connectivity index (χ0) is 12.2. The summed E-state index contributed by atoms with van der Waals surface area (Å²) in [6.07, 6.45) is 2.47. The number of aryl methyl sites for hydroxylation is 1. The first-order chi connectivity index (χ1) is 7.58. The Hall–Kier alpha value is -0.360. The second kappa shape index (κ2) is 5.82. The predicted octanol–water partition coefficient (Wildman–Crippen LogP) is 2.09. The Balaban J connectivity index is 2.81. The van der Waals surface area contributed by atoms with E-state index in [0.29, 0.717) is 16.4 Å². The van der Waals surface area contributed by atoms with Gasteiger partial charge < -0.3 is 5.32 Å². The van der Waals surface area contributed by atoms with Gasteiger partial charge >= 0.3 is 0 Å². The van der Waals surface area contributed by atoms with Crippen LogP contribution in [0.1, 0.15) is 23.8 Å². The molecule has 16 heavy (non-hydrogen) atoms. The van der Waals surface area contributed by atoms with E-state index in [-0.39, 0.29) is 11.4 Å². The van der Waals surface area contributed by atoms with E-state index in [4.69, 9.17) is 0 Å². The topological polar surface area (TPSA) is 46.9 Å². The molecule has 1 aromatic rings. The molecule has 0 aliphatic rings. The van der Waals surface area contributed by atoms with Crippen molar-refractivity contribution in [2.75, 3.05) is 10.7 Å². The molecule has 0 fully saturated rings. The predicted molar refractivity (Wildman–Crippen MR) is 71.3 cm³/mol. The molecule has 0 saturated carbocycles. The van der Waals surface area contributed by atoms with Gasteiger partial charge in [-0.1, -0.05) is 38.8 Å². The fourth-order valence-electron chi connectivity index (χ4n) is 1.28. The number of hydrogen-bond donors (Lipinski definition) is 1. The Kier molecular flexibility index (Phi) is 4.98. The molecule has 6 heteroatoms. The lowest BCUT2D eigenvalue weighted by Crippen LogP contribution is -2.51. The minimum absolute atomic E-state index is 0.0965. The van der Waals surface area contributed by atoms with Gasteiger partial charge in [-0.3, -0.25) is 9.48 Å². The van der Waals surface area contributed by atoms with E-state index < -0.39 is 0 Å². The van der Waals surface area contributed by atoms with Crippen LogP contribution < -0.4 is 5.32 Å². The quantitative estimate of drug-likeness (QED) is 0.825. The van der Waals surface area contributed by atoms with Crippen molar-refractivity contribution in [1.29, 1.82) is 0 Å². The largest absolute Gasteiger partial charge is 0.344 e. The first kappa shape index (κ1) is 13.7. The summed E-state index contributed by atoms with van der Waals surface area (Å²) in [6.45, 7) is 2.05. The molecule has 0 spiro atoms. The molecule has 0 bridgehead atoms. The van der Waals surface area contributed by atoms with Crippen molar-refractivity contribution in [3.8, 4) is 0 Å². The molecular weight excluding hydrogens is 338 g/mol. The number of alkyl halides is 2. The smallest absolute Gasteiger partial charge is 0.270 e. The Bertz CT molecular complexity index is 352. The van der Waals surface area contributed by atoms with E-state index in [1.54, 1.807) is 24.0 Å². The van der Waals surface area contributed by atoms with Crippen molar-refractivity contribution >= 4 is 37.8 Å². The average Bonchev–Trinajstić information content (AvgIpc) is 2.72. The Morgan fingerprint density at radius 2 is 2.19 bits per heavy atom. The molecule has 0 aromatic carbocycles. The second-order valence-corrected chi connectivity index (χ2v) is 4.82. The highest BCUT2D eigenvalue weighted by Crippen LogP contribution is 2.17. The van der Waals surface area contributed by atoms with Crippen LogP contribution in [0.15, 0.2) is 12.3 Å². The minimum Gasteiger partial charge on any atom is -0.344 e. The van der Waals surface area contributed by atoms with Gasteiger partial charge in [-0.15, -0.1) is 0 Å². The monoisotopic (exact) mass is 351 g/mol. The number of carbonyl (C=O) groups is 1. The van der Waals surface area contributed by atoms with Gasteiger partial charge in [-0.2, -0.15) is 5.10 Å². The number of aromatic nitrogens is 2. The lowest BCUT2D eigenvalue weighted by Gasteiger charge is -2.29. The van der Waals surface area contributed by atoms with Gasteiger partial charge in [0.2, 0.25) is 0 Å². The maximum Gasteiger partial charge on any atom is 0.270 e. The second-order valence-electron chi connectivity index (χ2n) is 3.70. The fourth-order valence-corrected chi connectivity index (χ4v) is 3.28. The molecule has 0 aliphatic heterocycles. The molecule has 1 aromatic heterocycles. The number of carbonyl (C=O) groups excluding carboxylic acids is 1. The summed E-state index contributed by atoms with van der Waals surface area (Å²) >= 11 is 6.87. The molecule has 0 saturated heterocycles. The van der Waals surface area contributed by atoms with Crippen LogP contribution in [0.2, 0.25) is 0 Å². The molecule has 0 unspecified atom stereocenters. The van der Waals surface area contributed by atoms with Crippen LogP contribution in [0.25, 0.3) is 0 Å². The zero-order valence-corrected chi connectivity index (χ0v) is 12.5. The van der Waals surface area contributed by atoms with Crippen LogP contribution in [0.5, 0.6) is 0 Å². The first-order valence-electron chi connectivity index (χ1n) is 5.01. The molecule has 1 rings (SSSR count). The Morgan fingerprint density at radius 3 is 2.56 bits per heavy atom. The van der Waals surface area contributed by atoms with Crippen molar-refractivity contribution in [2.45, 2.75) is 18.9 Å². The standard InChI is InChI=1S/C10H15Br2N3O/c1-3-10(6-11,7-12)14-9(16)8-4-5-13-15(8)2/h4-5H,3,6-7H2,1-2H3,(H,14,16). The summed E-state index contributed by atoms with van der Waals surface area (Å²) in [5.41, 5.74) is 0.321. The Morgan fingerprint density at radius 1 is 1.56 bits per heavy atom. The third-order valence-electron chi connectivity index (χ3n) is 2.62. The minimum atomic E-state index is -0.249. The normalized spacial score (nSPS) is 11.5. The van der Waals surface area contributed by atoms with Gasteiger partial charge in [0.1, 0.15) is 5.69 Å². The van der Waals surface area contributed by atoms with Crippen molar-refractivity contribution in [3.05, 3.63) is 18.0 Å². The summed E-state index contributed by atoms with van der Waals surface area (Å²) in [7, 11) is 1.75. The van der Waals surface area contributed by atoms with Crippen LogP contribution >= 0.6 is 31.9 Å². The van der Waals surface area contributed by atoms with E-state index in [1.807, 2.05) is 6.92 Å². The number of nitrogens with one attached hydrogen (secondary N) is 1. The molecule has 4 nitrogen and oxygen atoms in total. The molecule has 1 heterocycles. The lowest BCUT2D eigenvalue weighted by atomic mass is 10.0. The number of amides is 1. The summed E-state index contributed by atoms with van der Waals surface area (Å²) < 4.78 is 1.57. The Labute approximate surface area is 112 Å². The van der Waals surface area contributed by atoms with E-state index in [0.717, 1.165) is 6.42 Å². The zero-order valence-electron chi connectivity index (χ0n) is 9.33. The van der Waals surface area contributed by atoms with Crippen LogP contribution in [-0.2, 0) is 7.05 Å². The maximum absolute atomic E-state index is 12.0. The average molecular weight is 353 g/mol. The number of rotatable bonds is 5.